The van der Waals surface area contributed by atoms with Crippen molar-refractivity contribution in [2.75, 3.05) is 0 Å². The molecule has 1 aromatic rings. The van der Waals surface area contributed by atoms with Crippen LogP contribution in [0.2, 0.25) is 5.02 Å². The molecular formula is C6H6ClNNaOS. The number of aliphatic hydroxyl groups excluding tert-OH is 1. The molecule has 1 radical (unpaired) electrons. The Morgan fingerprint density at radius 2 is 2.27 bits per heavy atom. The molecule has 1 aromatic heterocycles. The monoisotopic (exact) mass is 198 g/mol. The fraction of sp³-hybridized carbons (Fsp3) is 0.167. The Balaban J connectivity index is 0.000001000. The number of aliphatic hydroxyl groups is 1. The van der Waals surface area contributed by atoms with Crippen LogP contribution in [-0.4, -0.2) is 39.6 Å². The van der Waals surface area contributed by atoms with E-state index in [-0.39, 0.29) is 36.2 Å². The first-order valence-electron chi connectivity index (χ1n) is 2.69. The van der Waals surface area contributed by atoms with Crippen LogP contribution < -0.4 is 0 Å². The van der Waals surface area contributed by atoms with E-state index in [9.17, 15) is 0 Å². The van der Waals surface area contributed by atoms with Gasteiger partial charge in [0, 0.05) is 40.6 Å². The molecule has 0 atom stereocenters. The fourth-order valence-electron chi connectivity index (χ4n) is 0.586. The van der Waals surface area contributed by atoms with E-state index in [0.29, 0.717) is 15.6 Å². The Morgan fingerprint density at radius 1 is 1.64 bits per heavy atom. The summed E-state index contributed by atoms with van der Waals surface area (Å²) in [6.45, 7) is -0.146. The van der Waals surface area contributed by atoms with Crippen molar-refractivity contribution in [3.05, 3.63) is 23.0 Å². The number of pyridine rings is 1. The van der Waals surface area contributed by atoms with Crippen molar-refractivity contribution < 1.29 is 5.11 Å². The predicted octanol–water partition coefficient (Wildman–Crippen LogP) is 1.14. The van der Waals surface area contributed by atoms with E-state index in [1.807, 2.05) is 0 Å². The van der Waals surface area contributed by atoms with Crippen molar-refractivity contribution in [3.63, 3.8) is 0 Å². The van der Waals surface area contributed by atoms with Crippen LogP contribution in [0.25, 0.3) is 0 Å². The zero-order valence-corrected chi connectivity index (χ0v) is 9.73. The van der Waals surface area contributed by atoms with Crippen LogP contribution in [0.3, 0.4) is 0 Å². The van der Waals surface area contributed by atoms with Crippen molar-refractivity contribution in [2.45, 2.75) is 11.5 Å². The van der Waals surface area contributed by atoms with E-state index >= 15 is 0 Å². The molecule has 0 spiro atoms. The summed E-state index contributed by atoms with van der Waals surface area (Å²) >= 11 is 9.73. The molecule has 1 rings (SSSR count). The minimum absolute atomic E-state index is 0. The maximum Gasteiger partial charge on any atom is 0.0868 e. The summed E-state index contributed by atoms with van der Waals surface area (Å²) in [4.78, 5) is 4.47. The Labute approximate surface area is 97.7 Å². The summed E-state index contributed by atoms with van der Waals surface area (Å²) in [5, 5.41) is 9.09. The number of halogens is 1. The zero-order valence-electron chi connectivity index (χ0n) is 6.08. The van der Waals surface area contributed by atoms with Crippen molar-refractivity contribution in [1.82, 2.24) is 4.98 Å². The average molecular weight is 199 g/mol. The molecule has 2 nitrogen and oxygen atoms in total. The SMILES string of the molecule is OCc1nccc(S)c1Cl.[Na]. The summed E-state index contributed by atoms with van der Waals surface area (Å²) in [5.41, 5.74) is 0.467. The molecule has 0 aliphatic carbocycles. The normalized spacial score (nSPS) is 9.00. The van der Waals surface area contributed by atoms with Gasteiger partial charge < -0.3 is 5.11 Å². The maximum atomic E-state index is 8.66. The molecule has 0 fully saturated rings. The van der Waals surface area contributed by atoms with Crippen LogP contribution in [0, 0.1) is 0 Å². The molecule has 0 unspecified atom stereocenters. The van der Waals surface area contributed by atoms with Gasteiger partial charge in [-0.05, 0) is 6.07 Å². The van der Waals surface area contributed by atoms with E-state index < -0.39 is 0 Å². The third kappa shape index (κ3) is 2.93. The van der Waals surface area contributed by atoms with Gasteiger partial charge in [0.05, 0.1) is 17.3 Å². The van der Waals surface area contributed by atoms with Crippen LogP contribution in [-0.2, 0) is 6.61 Å². The molecule has 1 heterocycles. The second-order valence-electron chi connectivity index (χ2n) is 1.75. The second kappa shape index (κ2) is 5.41. The standard InChI is InChI=1S/C6H6ClNOS.Na/c7-6-4(3-9)8-2-1-5(6)10;/h1-2,9H,3H2,(H,8,10);. The van der Waals surface area contributed by atoms with Crippen molar-refractivity contribution >= 4 is 53.8 Å². The Hall–Kier alpha value is 0.750. The molecule has 0 saturated carbocycles. The van der Waals surface area contributed by atoms with Gasteiger partial charge in [-0.2, -0.15) is 0 Å². The Morgan fingerprint density at radius 3 is 2.73 bits per heavy atom. The van der Waals surface area contributed by atoms with Crippen molar-refractivity contribution in [1.29, 1.82) is 0 Å². The first-order chi connectivity index (χ1) is 4.75. The summed E-state index contributed by atoms with van der Waals surface area (Å²) in [6, 6.07) is 1.67. The number of aromatic nitrogens is 1. The smallest absolute Gasteiger partial charge is 0.0868 e. The van der Waals surface area contributed by atoms with Crippen molar-refractivity contribution in [3.8, 4) is 0 Å². The van der Waals surface area contributed by atoms with Crippen molar-refractivity contribution in [2.24, 2.45) is 0 Å². The third-order valence-electron chi connectivity index (χ3n) is 1.09. The molecule has 55 valence electrons. The minimum Gasteiger partial charge on any atom is -0.390 e. The van der Waals surface area contributed by atoms with Gasteiger partial charge in [0.15, 0.2) is 0 Å². The zero-order chi connectivity index (χ0) is 7.56. The average Bonchev–Trinajstić information content (AvgIpc) is 1.95. The minimum atomic E-state index is -0.146. The van der Waals surface area contributed by atoms with E-state index in [2.05, 4.69) is 17.6 Å². The fourth-order valence-corrected chi connectivity index (χ4v) is 0.953. The van der Waals surface area contributed by atoms with Gasteiger partial charge in [0.2, 0.25) is 0 Å². The molecule has 0 aromatic carbocycles. The largest absolute Gasteiger partial charge is 0.390 e. The van der Waals surface area contributed by atoms with Gasteiger partial charge in [-0.1, -0.05) is 11.6 Å². The molecule has 0 aliphatic rings. The van der Waals surface area contributed by atoms with E-state index in [1.54, 1.807) is 12.3 Å². The van der Waals surface area contributed by atoms with E-state index in [1.165, 1.54) is 0 Å². The van der Waals surface area contributed by atoms with Gasteiger partial charge in [0.1, 0.15) is 0 Å². The van der Waals surface area contributed by atoms with Gasteiger partial charge in [0.25, 0.3) is 0 Å². The topological polar surface area (TPSA) is 33.1 Å². The van der Waals surface area contributed by atoms with Crippen LogP contribution in [0.4, 0.5) is 0 Å². The quantitative estimate of drug-likeness (QED) is 0.524. The summed E-state index contributed by atoms with van der Waals surface area (Å²) in [7, 11) is 0. The Bertz CT molecular complexity index is 246. The number of rotatable bonds is 1. The molecule has 0 aliphatic heterocycles. The number of hydrogen-bond donors (Lipinski definition) is 2. The molecule has 0 saturated heterocycles. The first-order valence-corrected chi connectivity index (χ1v) is 3.51. The maximum absolute atomic E-state index is 8.66. The number of nitrogens with zero attached hydrogens (tertiary/aromatic N) is 1. The molecule has 0 bridgehead atoms. The third-order valence-corrected chi connectivity index (χ3v) is 2.02. The van der Waals surface area contributed by atoms with Gasteiger partial charge >= 0.3 is 0 Å². The van der Waals surface area contributed by atoms with E-state index in [0.717, 1.165) is 0 Å². The van der Waals surface area contributed by atoms with Gasteiger partial charge in [-0.3, -0.25) is 4.98 Å². The first kappa shape index (κ1) is 11.8. The van der Waals surface area contributed by atoms with Gasteiger partial charge in [-0.15, -0.1) is 12.6 Å². The van der Waals surface area contributed by atoms with Crippen LogP contribution in [0.15, 0.2) is 17.2 Å². The number of hydrogen-bond acceptors (Lipinski definition) is 3. The van der Waals surface area contributed by atoms with Crippen LogP contribution in [0.1, 0.15) is 5.69 Å². The summed E-state index contributed by atoms with van der Waals surface area (Å²) in [6.07, 6.45) is 1.56. The molecule has 1 N–H and O–H groups in total. The predicted molar refractivity (Wildman–Crippen MR) is 48.2 cm³/mol. The summed E-state index contributed by atoms with van der Waals surface area (Å²) < 4.78 is 0. The van der Waals surface area contributed by atoms with Crippen LogP contribution in [0.5, 0.6) is 0 Å². The molecule has 11 heavy (non-hydrogen) atoms. The molecule has 0 amide bonds. The van der Waals surface area contributed by atoms with Gasteiger partial charge in [-0.25, -0.2) is 0 Å². The molecular weight excluding hydrogens is 193 g/mol. The summed E-state index contributed by atoms with van der Waals surface area (Å²) in [5.74, 6) is 0. The van der Waals surface area contributed by atoms with Crippen LogP contribution >= 0.6 is 24.2 Å². The second-order valence-corrected chi connectivity index (χ2v) is 2.61. The molecule has 5 heteroatoms. The number of thiol groups is 1. The Kier molecular flexibility index (Phi) is 5.77. The van der Waals surface area contributed by atoms with E-state index in [4.69, 9.17) is 16.7 Å².